The number of fused-ring (bicyclic) bond motifs is 1. The van der Waals surface area contributed by atoms with E-state index in [0.717, 1.165) is 17.5 Å². The van der Waals surface area contributed by atoms with Crippen LogP contribution in [0.1, 0.15) is 12.5 Å². The molecule has 4 nitrogen and oxygen atoms in total. The van der Waals surface area contributed by atoms with E-state index in [-0.39, 0.29) is 23.8 Å². The van der Waals surface area contributed by atoms with Crippen LogP contribution in [0.15, 0.2) is 47.4 Å². The Morgan fingerprint density at radius 1 is 1.17 bits per heavy atom. The predicted octanol–water partition coefficient (Wildman–Crippen LogP) is 3.26. The van der Waals surface area contributed by atoms with E-state index in [2.05, 4.69) is 15.3 Å². The Bertz CT molecular complexity index is 879. The standard InChI is InChI=1S/C17H16FN3O.ClH/c1-2-19-10-11-3-4-13(15(18)9-11)12-7-8-20-17-14(12)5-6-16(22)21-17;/h3-9,19H,2,10H2,1H3,(H,20,21,22);1H. The van der Waals surface area contributed by atoms with Crippen molar-refractivity contribution in [1.29, 1.82) is 0 Å². The molecule has 0 bridgehead atoms. The number of nitrogens with one attached hydrogen (secondary N) is 2. The molecule has 2 heterocycles. The van der Waals surface area contributed by atoms with E-state index in [0.29, 0.717) is 23.3 Å². The van der Waals surface area contributed by atoms with Gasteiger partial charge in [-0.3, -0.25) is 4.79 Å². The molecule has 3 aromatic rings. The third kappa shape index (κ3) is 3.57. The first-order valence-electron chi connectivity index (χ1n) is 7.16. The van der Waals surface area contributed by atoms with Crippen molar-refractivity contribution in [2.24, 2.45) is 0 Å². The zero-order valence-electron chi connectivity index (χ0n) is 12.6. The van der Waals surface area contributed by atoms with Gasteiger partial charge in [0.2, 0.25) is 5.56 Å². The number of aromatic amines is 1. The summed E-state index contributed by atoms with van der Waals surface area (Å²) >= 11 is 0. The Hall–Kier alpha value is -2.24. The summed E-state index contributed by atoms with van der Waals surface area (Å²) in [6.45, 7) is 3.48. The molecular formula is C17H17ClFN3O. The summed E-state index contributed by atoms with van der Waals surface area (Å²) in [7, 11) is 0. The molecule has 0 aliphatic rings. The maximum absolute atomic E-state index is 14.5. The summed E-state index contributed by atoms with van der Waals surface area (Å²) in [6.07, 6.45) is 1.57. The number of aromatic nitrogens is 2. The minimum absolute atomic E-state index is 0. The molecule has 0 aliphatic carbocycles. The zero-order valence-corrected chi connectivity index (χ0v) is 13.4. The van der Waals surface area contributed by atoms with E-state index in [1.165, 1.54) is 12.1 Å². The average molecular weight is 334 g/mol. The van der Waals surface area contributed by atoms with E-state index in [1.807, 2.05) is 13.0 Å². The van der Waals surface area contributed by atoms with Crippen LogP contribution < -0.4 is 10.9 Å². The molecule has 0 amide bonds. The first kappa shape index (κ1) is 17.1. The average Bonchev–Trinajstić information content (AvgIpc) is 2.52. The highest BCUT2D eigenvalue weighted by atomic mass is 35.5. The van der Waals surface area contributed by atoms with Crippen LogP contribution in [0.4, 0.5) is 4.39 Å². The SMILES string of the molecule is CCNCc1ccc(-c2ccnc3[nH]c(=O)ccc23)c(F)c1.Cl. The van der Waals surface area contributed by atoms with Crippen LogP contribution >= 0.6 is 12.4 Å². The van der Waals surface area contributed by atoms with E-state index >= 15 is 0 Å². The lowest BCUT2D eigenvalue weighted by Gasteiger charge is -2.09. The first-order chi connectivity index (χ1) is 10.7. The molecule has 0 saturated carbocycles. The lowest BCUT2D eigenvalue weighted by molar-refractivity contribution is 0.625. The van der Waals surface area contributed by atoms with Gasteiger partial charge in [-0.1, -0.05) is 19.1 Å². The van der Waals surface area contributed by atoms with Crippen LogP contribution in [0.5, 0.6) is 0 Å². The number of pyridine rings is 2. The highest BCUT2D eigenvalue weighted by molar-refractivity contribution is 5.92. The van der Waals surface area contributed by atoms with Crippen LogP contribution in [0, 0.1) is 5.82 Å². The van der Waals surface area contributed by atoms with Crippen molar-refractivity contribution in [3.8, 4) is 11.1 Å². The second kappa shape index (κ2) is 7.35. The minimum atomic E-state index is -0.283. The molecule has 2 aromatic heterocycles. The molecule has 3 rings (SSSR count). The smallest absolute Gasteiger partial charge is 0.249 e. The van der Waals surface area contributed by atoms with E-state index in [9.17, 15) is 9.18 Å². The Balaban J connectivity index is 0.00000192. The van der Waals surface area contributed by atoms with Crippen LogP contribution in [-0.4, -0.2) is 16.5 Å². The van der Waals surface area contributed by atoms with E-state index in [4.69, 9.17) is 0 Å². The summed E-state index contributed by atoms with van der Waals surface area (Å²) in [6, 6.07) is 10.0. The lowest BCUT2D eigenvalue weighted by atomic mass is 10.0. The Morgan fingerprint density at radius 2 is 2.00 bits per heavy atom. The maximum Gasteiger partial charge on any atom is 0.249 e. The summed E-state index contributed by atoms with van der Waals surface area (Å²) < 4.78 is 14.5. The normalized spacial score (nSPS) is 10.5. The first-order valence-corrected chi connectivity index (χ1v) is 7.16. The Morgan fingerprint density at radius 3 is 2.74 bits per heavy atom. The van der Waals surface area contributed by atoms with Crippen molar-refractivity contribution in [3.05, 3.63) is 64.3 Å². The monoisotopic (exact) mass is 333 g/mol. The van der Waals surface area contributed by atoms with Crippen molar-refractivity contribution < 1.29 is 4.39 Å². The van der Waals surface area contributed by atoms with Crippen LogP contribution in [-0.2, 0) is 6.54 Å². The van der Waals surface area contributed by atoms with Gasteiger partial charge in [-0.25, -0.2) is 9.37 Å². The van der Waals surface area contributed by atoms with Crippen molar-refractivity contribution in [1.82, 2.24) is 15.3 Å². The number of H-pyrrole nitrogens is 1. The number of benzene rings is 1. The van der Waals surface area contributed by atoms with Gasteiger partial charge in [0.1, 0.15) is 11.5 Å². The topological polar surface area (TPSA) is 57.8 Å². The molecule has 2 N–H and O–H groups in total. The second-order valence-corrected chi connectivity index (χ2v) is 5.04. The van der Waals surface area contributed by atoms with Gasteiger partial charge >= 0.3 is 0 Å². The molecule has 0 aliphatic heterocycles. The molecule has 0 spiro atoms. The Kier molecular flexibility index (Phi) is 5.47. The fraction of sp³-hybridized carbons (Fsp3) is 0.176. The summed E-state index contributed by atoms with van der Waals surface area (Å²) in [5.41, 5.74) is 2.35. The quantitative estimate of drug-likeness (QED) is 0.770. The number of nitrogens with zero attached hydrogens (tertiary/aromatic N) is 1. The van der Waals surface area contributed by atoms with Crippen LogP contribution in [0.3, 0.4) is 0 Å². The molecule has 0 fully saturated rings. The molecule has 0 saturated heterocycles. The second-order valence-electron chi connectivity index (χ2n) is 5.04. The number of halogens is 2. The molecule has 0 radical (unpaired) electrons. The van der Waals surface area contributed by atoms with Gasteiger partial charge in [-0.2, -0.15) is 0 Å². The molecule has 1 aromatic carbocycles. The largest absolute Gasteiger partial charge is 0.313 e. The highest BCUT2D eigenvalue weighted by Crippen LogP contribution is 2.28. The maximum atomic E-state index is 14.5. The van der Waals surface area contributed by atoms with Gasteiger partial charge in [0.15, 0.2) is 0 Å². The van der Waals surface area contributed by atoms with Gasteiger partial charge in [0.25, 0.3) is 0 Å². The van der Waals surface area contributed by atoms with Crippen LogP contribution in [0.2, 0.25) is 0 Å². The van der Waals surface area contributed by atoms with Crippen molar-refractivity contribution in [2.75, 3.05) is 6.54 Å². The van der Waals surface area contributed by atoms with Crippen molar-refractivity contribution in [3.63, 3.8) is 0 Å². The fourth-order valence-electron chi connectivity index (χ4n) is 2.45. The third-order valence-corrected chi connectivity index (χ3v) is 3.54. The molecular weight excluding hydrogens is 317 g/mol. The van der Waals surface area contributed by atoms with Gasteiger partial charge < -0.3 is 10.3 Å². The molecule has 23 heavy (non-hydrogen) atoms. The molecule has 0 unspecified atom stereocenters. The van der Waals surface area contributed by atoms with Gasteiger partial charge in [0.05, 0.1) is 0 Å². The lowest BCUT2D eigenvalue weighted by Crippen LogP contribution is -2.11. The summed E-state index contributed by atoms with van der Waals surface area (Å²) in [5, 5.41) is 3.89. The molecule has 120 valence electrons. The van der Waals surface area contributed by atoms with Gasteiger partial charge in [0, 0.05) is 29.8 Å². The minimum Gasteiger partial charge on any atom is -0.313 e. The number of rotatable bonds is 4. The summed E-state index contributed by atoms with van der Waals surface area (Å²) in [5.74, 6) is -0.283. The molecule has 6 heteroatoms. The van der Waals surface area contributed by atoms with Crippen molar-refractivity contribution in [2.45, 2.75) is 13.5 Å². The zero-order chi connectivity index (χ0) is 15.5. The van der Waals surface area contributed by atoms with E-state index < -0.39 is 0 Å². The number of hydrogen-bond donors (Lipinski definition) is 2. The number of hydrogen-bond acceptors (Lipinski definition) is 3. The van der Waals surface area contributed by atoms with E-state index in [1.54, 1.807) is 24.4 Å². The van der Waals surface area contributed by atoms with Crippen molar-refractivity contribution >= 4 is 23.4 Å². The van der Waals surface area contributed by atoms with Gasteiger partial charge in [-0.15, -0.1) is 12.4 Å². The predicted molar refractivity (Wildman–Crippen MR) is 92.4 cm³/mol. The third-order valence-electron chi connectivity index (χ3n) is 3.54. The Labute approximate surface area is 139 Å². The van der Waals surface area contributed by atoms with Gasteiger partial charge in [-0.05, 0) is 35.9 Å². The highest BCUT2D eigenvalue weighted by Gasteiger charge is 2.10. The summed E-state index contributed by atoms with van der Waals surface area (Å²) in [4.78, 5) is 18.2. The fourth-order valence-corrected chi connectivity index (χ4v) is 2.45. The van der Waals surface area contributed by atoms with Crippen LogP contribution in [0.25, 0.3) is 22.2 Å². The molecule has 0 atom stereocenters.